The number of H-pyrrole nitrogens is 1. The van der Waals surface area contributed by atoms with Crippen molar-refractivity contribution in [2.45, 2.75) is 13.0 Å². The van der Waals surface area contributed by atoms with Gasteiger partial charge in [-0.1, -0.05) is 48.5 Å². The first-order valence-electron chi connectivity index (χ1n) is 8.92. The van der Waals surface area contributed by atoms with Gasteiger partial charge in [0.2, 0.25) is 0 Å². The maximum atomic E-state index is 13.7. The standard InChI is InChI=1S/C21H24FN5/c1-23-21(24-13-12-16-8-6-7-11-18(16)22)27(2)15-20-25-14-19(26-20)17-9-4-3-5-10-17/h3-11,14H,12-13,15H2,1-2H3,(H,23,24)(H,25,26). The highest BCUT2D eigenvalue weighted by molar-refractivity contribution is 5.79. The lowest BCUT2D eigenvalue weighted by Gasteiger charge is -2.21. The molecule has 0 fully saturated rings. The average Bonchev–Trinajstić information content (AvgIpc) is 3.15. The van der Waals surface area contributed by atoms with Crippen molar-refractivity contribution in [2.75, 3.05) is 20.6 Å². The molecule has 0 aliphatic carbocycles. The van der Waals surface area contributed by atoms with Gasteiger partial charge in [-0.15, -0.1) is 0 Å². The minimum atomic E-state index is -0.174. The summed E-state index contributed by atoms with van der Waals surface area (Å²) in [5.41, 5.74) is 2.79. The van der Waals surface area contributed by atoms with Crippen LogP contribution in [0, 0.1) is 5.82 Å². The second-order valence-electron chi connectivity index (χ2n) is 6.28. The largest absolute Gasteiger partial charge is 0.356 e. The van der Waals surface area contributed by atoms with Gasteiger partial charge in [0.15, 0.2) is 5.96 Å². The monoisotopic (exact) mass is 365 g/mol. The molecule has 1 aromatic heterocycles. The summed E-state index contributed by atoms with van der Waals surface area (Å²) in [6.07, 6.45) is 2.44. The Morgan fingerprint density at radius 2 is 1.89 bits per heavy atom. The van der Waals surface area contributed by atoms with Crippen molar-refractivity contribution in [2.24, 2.45) is 4.99 Å². The lowest BCUT2D eigenvalue weighted by molar-refractivity contribution is 0.464. The minimum Gasteiger partial charge on any atom is -0.356 e. The SMILES string of the molecule is CN=C(NCCc1ccccc1F)N(C)Cc1ncc(-c2ccccc2)[nH]1. The first-order chi connectivity index (χ1) is 13.2. The topological polar surface area (TPSA) is 56.3 Å². The lowest BCUT2D eigenvalue weighted by atomic mass is 10.1. The Bertz CT molecular complexity index is 888. The number of hydrogen-bond donors (Lipinski definition) is 2. The van der Waals surface area contributed by atoms with Gasteiger partial charge in [0.25, 0.3) is 0 Å². The molecule has 0 saturated heterocycles. The quantitative estimate of drug-likeness (QED) is 0.519. The number of hydrogen-bond acceptors (Lipinski definition) is 2. The van der Waals surface area contributed by atoms with Crippen LogP contribution in [0.4, 0.5) is 4.39 Å². The van der Waals surface area contributed by atoms with Gasteiger partial charge in [-0.3, -0.25) is 4.99 Å². The third kappa shape index (κ3) is 4.94. The fourth-order valence-electron chi connectivity index (χ4n) is 2.90. The van der Waals surface area contributed by atoms with E-state index in [1.807, 2.05) is 54.5 Å². The summed E-state index contributed by atoms with van der Waals surface area (Å²) in [7, 11) is 3.68. The van der Waals surface area contributed by atoms with Gasteiger partial charge in [0.05, 0.1) is 18.4 Å². The van der Waals surface area contributed by atoms with E-state index in [2.05, 4.69) is 20.3 Å². The highest BCUT2D eigenvalue weighted by Gasteiger charge is 2.10. The van der Waals surface area contributed by atoms with Gasteiger partial charge in [-0.2, -0.15) is 0 Å². The Kier molecular flexibility index (Phi) is 6.20. The Morgan fingerprint density at radius 1 is 1.15 bits per heavy atom. The third-order valence-electron chi connectivity index (χ3n) is 4.31. The average molecular weight is 365 g/mol. The predicted octanol–water partition coefficient (Wildman–Crippen LogP) is 3.47. The first kappa shape index (κ1) is 18.6. The number of guanidine groups is 1. The molecule has 0 bridgehead atoms. The van der Waals surface area contributed by atoms with Gasteiger partial charge >= 0.3 is 0 Å². The third-order valence-corrected chi connectivity index (χ3v) is 4.31. The molecule has 0 atom stereocenters. The Balaban J connectivity index is 1.55. The number of aromatic amines is 1. The molecular formula is C21H24FN5. The Labute approximate surface area is 159 Å². The van der Waals surface area contributed by atoms with Crippen LogP contribution >= 0.6 is 0 Å². The zero-order valence-electron chi connectivity index (χ0n) is 15.6. The van der Waals surface area contributed by atoms with E-state index in [0.717, 1.165) is 23.0 Å². The molecule has 2 aromatic carbocycles. The van der Waals surface area contributed by atoms with E-state index < -0.39 is 0 Å². The zero-order chi connectivity index (χ0) is 19.1. The molecule has 0 spiro atoms. The molecule has 0 aliphatic heterocycles. The molecule has 6 heteroatoms. The van der Waals surface area contributed by atoms with Crippen LogP contribution in [0.15, 0.2) is 65.8 Å². The van der Waals surface area contributed by atoms with Crippen LogP contribution in [-0.2, 0) is 13.0 Å². The highest BCUT2D eigenvalue weighted by Crippen LogP contribution is 2.16. The summed E-state index contributed by atoms with van der Waals surface area (Å²) >= 11 is 0. The van der Waals surface area contributed by atoms with E-state index in [-0.39, 0.29) is 5.82 Å². The second kappa shape index (κ2) is 8.98. The first-order valence-corrected chi connectivity index (χ1v) is 8.92. The number of benzene rings is 2. The summed E-state index contributed by atoms with van der Waals surface area (Å²) in [5, 5.41) is 3.27. The smallest absolute Gasteiger partial charge is 0.193 e. The fourth-order valence-corrected chi connectivity index (χ4v) is 2.90. The van der Waals surface area contributed by atoms with Crippen LogP contribution in [0.3, 0.4) is 0 Å². The zero-order valence-corrected chi connectivity index (χ0v) is 15.6. The van der Waals surface area contributed by atoms with E-state index in [1.54, 1.807) is 19.2 Å². The van der Waals surface area contributed by atoms with Crippen LogP contribution in [-0.4, -0.2) is 41.5 Å². The number of rotatable bonds is 6. The van der Waals surface area contributed by atoms with Crippen molar-refractivity contribution >= 4 is 5.96 Å². The highest BCUT2D eigenvalue weighted by atomic mass is 19.1. The van der Waals surface area contributed by atoms with Crippen molar-refractivity contribution in [3.05, 3.63) is 78.0 Å². The van der Waals surface area contributed by atoms with Crippen LogP contribution in [0.2, 0.25) is 0 Å². The summed E-state index contributed by atoms with van der Waals surface area (Å²) in [4.78, 5) is 14.1. The molecule has 27 heavy (non-hydrogen) atoms. The molecule has 0 aliphatic rings. The van der Waals surface area contributed by atoms with E-state index in [9.17, 15) is 4.39 Å². The Morgan fingerprint density at radius 3 is 2.63 bits per heavy atom. The molecule has 0 radical (unpaired) electrons. The van der Waals surface area contributed by atoms with Crippen LogP contribution < -0.4 is 5.32 Å². The molecule has 2 N–H and O–H groups in total. The number of imidazole rings is 1. The van der Waals surface area contributed by atoms with E-state index in [1.165, 1.54) is 6.07 Å². The number of aliphatic imine (C=N–C) groups is 1. The summed E-state index contributed by atoms with van der Waals surface area (Å²) in [6.45, 7) is 1.19. The predicted molar refractivity (Wildman–Crippen MR) is 107 cm³/mol. The van der Waals surface area contributed by atoms with Crippen molar-refractivity contribution in [3.8, 4) is 11.3 Å². The van der Waals surface area contributed by atoms with Gasteiger partial charge in [0.1, 0.15) is 11.6 Å². The lowest BCUT2D eigenvalue weighted by Crippen LogP contribution is -2.39. The molecule has 3 aromatic rings. The van der Waals surface area contributed by atoms with Crippen molar-refractivity contribution < 1.29 is 4.39 Å². The maximum absolute atomic E-state index is 13.7. The molecular weight excluding hydrogens is 341 g/mol. The molecule has 140 valence electrons. The molecule has 0 unspecified atom stereocenters. The number of nitrogens with one attached hydrogen (secondary N) is 2. The number of nitrogens with zero attached hydrogens (tertiary/aromatic N) is 3. The van der Waals surface area contributed by atoms with Gasteiger partial charge in [-0.05, 0) is 23.6 Å². The van der Waals surface area contributed by atoms with E-state index in [0.29, 0.717) is 25.1 Å². The molecule has 3 rings (SSSR count). The minimum absolute atomic E-state index is 0.174. The summed E-state index contributed by atoms with van der Waals surface area (Å²) in [5.74, 6) is 1.42. The van der Waals surface area contributed by atoms with Gasteiger partial charge in [-0.25, -0.2) is 9.37 Å². The molecule has 0 amide bonds. The van der Waals surface area contributed by atoms with Gasteiger partial charge < -0.3 is 15.2 Å². The summed E-state index contributed by atoms with van der Waals surface area (Å²) < 4.78 is 13.7. The Hall–Kier alpha value is -3.15. The number of aromatic nitrogens is 2. The van der Waals surface area contributed by atoms with Crippen LogP contribution in [0.5, 0.6) is 0 Å². The normalized spacial score (nSPS) is 11.4. The molecule has 1 heterocycles. The number of halogens is 1. The van der Waals surface area contributed by atoms with Crippen LogP contribution in [0.25, 0.3) is 11.3 Å². The van der Waals surface area contributed by atoms with E-state index in [4.69, 9.17) is 0 Å². The fraction of sp³-hybridized carbons (Fsp3) is 0.238. The van der Waals surface area contributed by atoms with Crippen molar-refractivity contribution in [1.82, 2.24) is 20.2 Å². The van der Waals surface area contributed by atoms with Crippen molar-refractivity contribution in [1.29, 1.82) is 0 Å². The summed E-state index contributed by atoms with van der Waals surface area (Å²) in [6, 6.07) is 16.9. The second-order valence-corrected chi connectivity index (χ2v) is 6.28. The molecule has 5 nitrogen and oxygen atoms in total. The van der Waals surface area contributed by atoms with E-state index >= 15 is 0 Å². The molecule has 0 saturated carbocycles. The van der Waals surface area contributed by atoms with Crippen molar-refractivity contribution in [3.63, 3.8) is 0 Å². The van der Waals surface area contributed by atoms with Gasteiger partial charge in [0, 0.05) is 20.6 Å². The van der Waals surface area contributed by atoms with Crippen LogP contribution in [0.1, 0.15) is 11.4 Å². The maximum Gasteiger partial charge on any atom is 0.193 e.